The van der Waals surface area contributed by atoms with Crippen LogP contribution in [0.5, 0.6) is 11.5 Å². The predicted molar refractivity (Wildman–Crippen MR) is 102 cm³/mol. The molecule has 150 valence electrons. The molecule has 0 atom stereocenters. The molecule has 1 fully saturated rings. The van der Waals surface area contributed by atoms with E-state index in [-0.39, 0.29) is 10.7 Å². The summed E-state index contributed by atoms with van der Waals surface area (Å²) in [6.07, 6.45) is -4.00. The molecule has 0 radical (unpaired) electrons. The largest absolute Gasteiger partial charge is 0.573 e. The zero-order valence-corrected chi connectivity index (χ0v) is 15.7. The van der Waals surface area contributed by atoms with Gasteiger partial charge in [-0.05, 0) is 60.8 Å². The molecule has 6 nitrogen and oxygen atoms in total. The van der Waals surface area contributed by atoms with Gasteiger partial charge in [0, 0.05) is 10.6 Å². The Kier molecular flexibility index (Phi) is 5.49. The number of amides is 2. The highest BCUT2D eigenvalue weighted by atomic mass is 35.5. The van der Waals surface area contributed by atoms with Crippen LogP contribution < -0.4 is 15.0 Å². The van der Waals surface area contributed by atoms with Crippen LogP contribution in [0.2, 0.25) is 5.02 Å². The van der Waals surface area contributed by atoms with Crippen LogP contribution in [0.3, 0.4) is 0 Å². The van der Waals surface area contributed by atoms with Crippen molar-refractivity contribution >= 4 is 52.5 Å². The average molecular weight is 443 g/mol. The van der Waals surface area contributed by atoms with Gasteiger partial charge in [-0.1, -0.05) is 11.6 Å². The van der Waals surface area contributed by atoms with Crippen molar-refractivity contribution in [1.29, 1.82) is 0 Å². The number of nitrogens with zero attached hydrogens (tertiary/aromatic N) is 1. The Balaban J connectivity index is 2.00. The van der Waals surface area contributed by atoms with E-state index >= 15 is 0 Å². The zero-order valence-electron chi connectivity index (χ0n) is 14.2. The van der Waals surface area contributed by atoms with Gasteiger partial charge >= 0.3 is 6.36 Å². The molecular formula is C18H10ClF3N2O4S. The Labute approximate surface area is 172 Å². The first-order valence-corrected chi connectivity index (χ1v) is 8.59. The number of rotatable bonds is 3. The van der Waals surface area contributed by atoms with Crippen molar-refractivity contribution in [3.8, 4) is 11.5 Å². The molecular weight excluding hydrogens is 433 g/mol. The van der Waals surface area contributed by atoms with E-state index in [1.807, 2.05) is 0 Å². The second kappa shape index (κ2) is 7.72. The number of thiocarbonyl (C=S) groups is 1. The van der Waals surface area contributed by atoms with Crippen LogP contribution in [-0.2, 0) is 9.59 Å². The highest BCUT2D eigenvalue weighted by Gasteiger charge is 2.35. The number of phenolic OH excluding ortho intramolecular Hbond substituents is 1. The van der Waals surface area contributed by atoms with E-state index in [9.17, 15) is 27.9 Å². The molecule has 2 aromatic carbocycles. The predicted octanol–water partition coefficient (Wildman–Crippen LogP) is 3.78. The monoisotopic (exact) mass is 442 g/mol. The SMILES string of the molecule is O=C1NC(=S)N(c2ccc(Cl)cc2)C(=O)C1=Cc1cc(OC(F)(F)F)ccc1O. The number of carbonyl (C=O) groups excluding carboxylic acids is 2. The Hall–Kier alpha value is -3.11. The molecule has 0 bridgehead atoms. The maximum Gasteiger partial charge on any atom is 0.573 e. The number of ether oxygens (including phenoxy) is 1. The number of nitrogens with one attached hydrogen (secondary N) is 1. The summed E-state index contributed by atoms with van der Waals surface area (Å²) in [6, 6.07) is 8.69. The second-order valence-electron chi connectivity index (χ2n) is 5.70. The minimum absolute atomic E-state index is 0.183. The van der Waals surface area contributed by atoms with E-state index in [0.29, 0.717) is 10.7 Å². The molecule has 0 unspecified atom stereocenters. The number of anilines is 1. The fourth-order valence-electron chi connectivity index (χ4n) is 2.48. The molecule has 1 saturated heterocycles. The molecule has 0 spiro atoms. The summed E-state index contributed by atoms with van der Waals surface area (Å²) < 4.78 is 41.0. The lowest BCUT2D eigenvalue weighted by atomic mass is 10.1. The van der Waals surface area contributed by atoms with Crippen molar-refractivity contribution in [2.75, 3.05) is 4.90 Å². The summed E-state index contributed by atoms with van der Waals surface area (Å²) in [6.45, 7) is 0. The number of hydrogen-bond acceptors (Lipinski definition) is 5. The topological polar surface area (TPSA) is 78.9 Å². The third-order valence-corrected chi connectivity index (χ3v) is 4.26. The molecule has 2 amide bonds. The first-order chi connectivity index (χ1) is 13.5. The number of phenols is 1. The molecule has 1 heterocycles. The smallest absolute Gasteiger partial charge is 0.507 e. The summed E-state index contributed by atoms with van der Waals surface area (Å²) in [5.74, 6) is -2.79. The number of benzene rings is 2. The van der Waals surface area contributed by atoms with Crippen molar-refractivity contribution in [3.63, 3.8) is 0 Å². The van der Waals surface area contributed by atoms with Crippen LogP contribution >= 0.6 is 23.8 Å². The lowest BCUT2D eigenvalue weighted by Gasteiger charge is -2.29. The maximum atomic E-state index is 12.8. The molecule has 0 saturated carbocycles. The van der Waals surface area contributed by atoms with Gasteiger partial charge in [0.1, 0.15) is 17.1 Å². The molecule has 29 heavy (non-hydrogen) atoms. The van der Waals surface area contributed by atoms with Crippen LogP contribution in [0.1, 0.15) is 5.56 Å². The Morgan fingerprint density at radius 3 is 2.41 bits per heavy atom. The molecule has 2 aromatic rings. The van der Waals surface area contributed by atoms with Crippen molar-refractivity contribution in [3.05, 3.63) is 58.6 Å². The van der Waals surface area contributed by atoms with Gasteiger partial charge in [-0.15, -0.1) is 13.2 Å². The van der Waals surface area contributed by atoms with Gasteiger partial charge in [0.05, 0.1) is 5.69 Å². The summed E-state index contributed by atoms with van der Waals surface area (Å²) in [4.78, 5) is 26.1. The first-order valence-electron chi connectivity index (χ1n) is 7.81. The first kappa shape index (κ1) is 20.6. The van der Waals surface area contributed by atoms with E-state index in [1.54, 1.807) is 0 Å². The van der Waals surface area contributed by atoms with Crippen molar-refractivity contribution < 1.29 is 32.6 Å². The average Bonchev–Trinajstić information content (AvgIpc) is 2.61. The number of carbonyl (C=O) groups is 2. The van der Waals surface area contributed by atoms with Crippen LogP contribution in [0.15, 0.2) is 48.0 Å². The molecule has 2 N–H and O–H groups in total. The summed E-state index contributed by atoms with van der Waals surface area (Å²) >= 11 is 10.9. The van der Waals surface area contributed by atoms with Gasteiger partial charge in [-0.3, -0.25) is 19.8 Å². The van der Waals surface area contributed by atoms with Crippen molar-refractivity contribution in [1.82, 2.24) is 5.32 Å². The number of aromatic hydroxyl groups is 1. The van der Waals surface area contributed by atoms with Gasteiger partial charge < -0.3 is 9.84 Å². The molecule has 0 aliphatic carbocycles. The van der Waals surface area contributed by atoms with Crippen LogP contribution in [0.25, 0.3) is 6.08 Å². The van der Waals surface area contributed by atoms with Crippen LogP contribution in [0, 0.1) is 0 Å². The van der Waals surface area contributed by atoms with Gasteiger partial charge in [0.2, 0.25) is 0 Å². The highest BCUT2D eigenvalue weighted by Crippen LogP contribution is 2.30. The third-order valence-electron chi connectivity index (χ3n) is 3.72. The van der Waals surface area contributed by atoms with Gasteiger partial charge in [0.15, 0.2) is 5.11 Å². The molecule has 11 heteroatoms. The van der Waals surface area contributed by atoms with Crippen LogP contribution in [0.4, 0.5) is 18.9 Å². The fourth-order valence-corrected chi connectivity index (χ4v) is 2.89. The molecule has 1 aliphatic rings. The second-order valence-corrected chi connectivity index (χ2v) is 6.53. The Bertz CT molecular complexity index is 1040. The minimum atomic E-state index is -4.95. The van der Waals surface area contributed by atoms with E-state index < -0.39 is 35.2 Å². The normalized spacial score (nSPS) is 16.2. The fraction of sp³-hybridized carbons (Fsp3) is 0.0556. The van der Waals surface area contributed by atoms with Gasteiger partial charge in [-0.25, -0.2) is 0 Å². The minimum Gasteiger partial charge on any atom is -0.507 e. The van der Waals surface area contributed by atoms with Gasteiger partial charge in [0.25, 0.3) is 11.8 Å². The van der Waals surface area contributed by atoms with Crippen molar-refractivity contribution in [2.24, 2.45) is 0 Å². The van der Waals surface area contributed by atoms with Crippen molar-refractivity contribution in [2.45, 2.75) is 6.36 Å². The van der Waals surface area contributed by atoms with Gasteiger partial charge in [-0.2, -0.15) is 0 Å². The summed E-state index contributed by atoms with van der Waals surface area (Å²) in [5, 5.41) is 12.5. The number of alkyl halides is 3. The van der Waals surface area contributed by atoms with E-state index in [2.05, 4.69) is 10.1 Å². The molecule has 0 aromatic heterocycles. The lowest BCUT2D eigenvalue weighted by Crippen LogP contribution is -2.54. The number of hydrogen-bond donors (Lipinski definition) is 2. The maximum absolute atomic E-state index is 12.8. The highest BCUT2D eigenvalue weighted by molar-refractivity contribution is 7.80. The quantitative estimate of drug-likeness (QED) is 0.430. The zero-order chi connectivity index (χ0) is 21.3. The summed E-state index contributed by atoms with van der Waals surface area (Å²) in [5.41, 5.74) is -0.365. The van der Waals surface area contributed by atoms with E-state index in [4.69, 9.17) is 23.8 Å². The number of halogens is 4. The lowest BCUT2D eigenvalue weighted by molar-refractivity contribution is -0.274. The Morgan fingerprint density at radius 2 is 1.79 bits per heavy atom. The third kappa shape index (κ3) is 4.66. The molecule has 1 aliphatic heterocycles. The van der Waals surface area contributed by atoms with Crippen LogP contribution in [-0.4, -0.2) is 28.4 Å². The van der Waals surface area contributed by atoms with E-state index in [1.165, 1.54) is 24.3 Å². The van der Waals surface area contributed by atoms with E-state index in [0.717, 1.165) is 29.2 Å². The standard InChI is InChI=1S/C18H10ClF3N2O4S/c19-10-1-3-11(4-2-10)24-16(27)13(15(26)23-17(24)29)8-9-7-12(5-6-14(9)25)28-18(20,21)22/h1-8,25H,(H,23,26,29). The Morgan fingerprint density at radius 1 is 1.14 bits per heavy atom. The summed E-state index contributed by atoms with van der Waals surface area (Å²) in [7, 11) is 0. The molecule has 3 rings (SSSR count).